The standard InChI is InChI=1S/C21H26N4O2/c1-15-6-7-16(2)18(13-15)19(26)8-9-20(27)24-17-5-3-12-25(14-17)21-22-10-4-11-23-21/h4,6-7,10-11,13,17H,3,5,8-9,12,14H2,1-2H3,(H,24,27)/t17-/m1/s1. The van der Waals surface area contributed by atoms with Gasteiger partial charge in [0.25, 0.3) is 0 Å². The van der Waals surface area contributed by atoms with E-state index in [4.69, 9.17) is 0 Å². The first-order valence-electron chi connectivity index (χ1n) is 9.44. The topological polar surface area (TPSA) is 75.2 Å². The molecule has 1 aromatic heterocycles. The molecule has 0 radical (unpaired) electrons. The molecule has 6 nitrogen and oxygen atoms in total. The average molecular weight is 366 g/mol. The van der Waals surface area contributed by atoms with Crippen molar-refractivity contribution in [1.82, 2.24) is 15.3 Å². The number of nitrogens with zero attached hydrogens (tertiary/aromatic N) is 3. The molecule has 142 valence electrons. The van der Waals surface area contributed by atoms with Gasteiger partial charge >= 0.3 is 0 Å². The quantitative estimate of drug-likeness (QED) is 0.796. The Labute approximate surface area is 160 Å². The van der Waals surface area contributed by atoms with Crippen LogP contribution in [0.5, 0.6) is 0 Å². The van der Waals surface area contributed by atoms with Gasteiger partial charge in [0.15, 0.2) is 5.78 Å². The minimum absolute atomic E-state index is 0.0225. The average Bonchev–Trinajstić information content (AvgIpc) is 2.69. The molecule has 1 aromatic carbocycles. The molecular weight excluding hydrogens is 340 g/mol. The van der Waals surface area contributed by atoms with Crippen molar-refractivity contribution in [2.75, 3.05) is 18.0 Å². The first-order valence-corrected chi connectivity index (χ1v) is 9.44. The van der Waals surface area contributed by atoms with Crippen molar-refractivity contribution in [2.45, 2.75) is 45.6 Å². The largest absolute Gasteiger partial charge is 0.352 e. The molecule has 1 aliphatic heterocycles. The van der Waals surface area contributed by atoms with Gasteiger partial charge in [0, 0.05) is 49.9 Å². The van der Waals surface area contributed by atoms with Crippen molar-refractivity contribution in [3.8, 4) is 0 Å². The third-order valence-electron chi connectivity index (χ3n) is 4.89. The number of aromatic nitrogens is 2. The molecule has 0 bridgehead atoms. The number of carbonyl (C=O) groups is 2. The van der Waals surface area contributed by atoms with Crippen molar-refractivity contribution in [2.24, 2.45) is 0 Å². The molecule has 1 saturated heterocycles. The van der Waals surface area contributed by atoms with Crippen LogP contribution in [0.2, 0.25) is 0 Å². The van der Waals surface area contributed by atoms with Gasteiger partial charge in [-0.3, -0.25) is 9.59 Å². The Morgan fingerprint density at radius 1 is 1.19 bits per heavy atom. The molecule has 2 heterocycles. The molecule has 0 spiro atoms. The summed E-state index contributed by atoms with van der Waals surface area (Å²) in [5.74, 6) is 0.644. The van der Waals surface area contributed by atoms with Crippen LogP contribution in [0.4, 0.5) is 5.95 Å². The van der Waals surface area contributed by atoms with Gasteiger partial charge in [-0.2, -0.15) is 0 Å². The zero-order chi connectivity index (χ0) is 19.2. The molecule has 1 aliphatic rings. The number of piperidine rings is 1. The smallest absolute Gasteiger partial charge is 0.225 e. The molecule has 2 aromatic rings. The molecule has 1 amide bonds. The molecule has 0 aliphatic carbocycles. The summed E-state index contributed by atoms with van der Waals surface area (Å²) in [6, 6.07) is 7.69. The van der Waals surface area contributed by atoms with E-state index in [2.05, 4.69) is 20.2 Å². The lowest BCUT2D eigenvalue weighted by Gasteiger charge is -2.33. The molecule has 1 atom stereocenters. The van der Waals surface area contributed by atoms with E-state index in [-0.39, 0.29) is 30.6 Å². The molecule has 6 heteroatoms. The van der Waals surface area contributed by atoms with Gasteiger partial charge < -0.3 is 10.2 Å². The Bertz CT molecular complexity index is 807. The monoisotopic (exact) mass is 366 g/mol. The molecule has 1 N–H and O–H groups in total. The second-order valence-electron chi connectivity index (χ2n) is 7.14. The van der Waals surface area contributed by atoms with Crippen LogP contribution in [0.3, 0.4) is 0 Å². The summed E-state index contributed by atoms with van der Waals surface area (Å²) in [5.41, 5.74) is 2.73. The van der Waals surface area contributed by atoms with Crippen molar-refractivity contribution in [3.05, 3.63) is 53.3 Å². The molecule has 0 unspecified atom stereocenters. The second kappa shape index (κ2) is 8.75. The minimum Gasteiger partial charge on any atom is -0.352 e. The van der Waals surface area contributed by atoms with Gasteiger partial charge in [-0.25, -0.2) is 9.97 Å². The molecule has 27 heavy (non-hydrogen) atoms. The van der Waals surface area contributed by atoms with Crippen molar-refractivity contribution < 1.29 is 9.59 Å². The van der Waals surface area contributed by atoms with Crippen LogP contribution in [0, 0.1) is 13.8 Å². The van der Waals surface area contributed by atoms with Crippen molar-refractivity contribution in [3.63, 3.8) is 0 Å². The maximum atomic E-state index is 12.4. The van der Waals surface area contributed by atoms with Gasteiger partial charge in [-0.1, -0.05) is 17.7 Å². The summed E-state index contributed by atoms with van der Waals surface area (Å²) in [5, 5.41) is 3.06. The number of ketones is 1. The molecule has 1 fully saturated rings. The highest BCUT2D eigenvalue weighted by Crippen LogP contribution is 2.16. The lowest BCUT2D eigenvalue weighted by atomic mass is 9.99. The number of hydrogen-bond acceptors (Lipinski definition) is 5. The van der Waals surface area contributed by atoms with Crippen LogP contribution in [-0.4, -0.2) is 40.8 Å². The lowest BCUT2D eigenvalue weighted by molar-refractivity contribution is -0.121. The fraction of sp³-hybridized carbons (Fsp3) is 0.429. The summed E-state index contributed by atoms with van der Waals surface area (Å²) >= 11 is 0. The van der Waals surface area contributed by atoms with Crippen molar-refractivity contribution >= 4 is 17.6 Å². The molecular formula is C21H26N4O2. The van der Waals surface area contributed by atoms with Gasteiger partial charge in [0.1, 0.15) is 0 Å². The predicted molar refractivity (Wildman–Crippen MR) is 105 cm³/mol. The fourth-order valence-corrected chi connectivity index (χ4v) is 3.43. The number of rotatable bonds is 6. The predicted octanol–water partition coefficient (Wildman–Crippen LogP) is 2.84. The Morgan fingerprint density at radius 2 is 1.96 bits per heavy atom. The molecule has 0 saturated carbocycles. The SMILES string of the molecule is Cc1ccc(C)c(C(=O)CCC(=O)N[C@@H]2CCCN(c3ncccn3)C2)c1. The van der Waals surface area contributed by atoms with Gasteiger partial charge in [-0.15, -0.1) is 0 Å². The van der Waals surface area contributed by atoms with E-state index in [1.807, 2.05) is 32.0 Å². The highest BCUT2D eigenvalue weighted by atomic mass is 16.2. The van der Waals surface area contributed by atoms with Crippen LogP contribution >= 0.6 is 0 Å². The number of aryl methyl sites for hydroxylation is 2. The summed E-state index contributed by atoms with van der Waals surface area (Å²) < 4.78 is 0. The first-order chi connectivity index (χ1) is 13.0. The Hall–Kier alpha value is -2.76. The maximum absolute atomic E-state index is 12.4. The zero-order valence-electron chi connectivity index (χ0n) is 15.9. The normalized spacial score (nSPS) is 16.8. The second-order valence-corrected chi connectivity index (χ2v) is 7.14. The van der Waals surface area contributed by atoms with Crippen molar-refractivity contribution in [1.29, 1.82) is 0 Å². The summed E-state index contributed by atoms with van der Waals surface area (Å²) in [4.78, 5) is 35.4. The summed E-state index contributed by atoms with van der Waals surface area (Å²) in [6.45, 7) is 5.48. The fourth-order valence-electron chi connectivity index (χ4n) is 3.43. The first kappa shape index (κ1) is 19.0. The van der Waals surface area contributed by atoms with E-state index in [0.717, 1.165) is 30.5 Å². The van der Waals surface area contributed by atoms with Gasteiger partial charge in [0.2, 0.25) is 11.9 Å². The number of benzene rings is 1. The minimum atomic E-state index is -0.0745. The van der Waals surface area contributed by atoms with Crippen LogP contribution in [0.25, 0.3) is 0 Å². The zero-order valence-corrected chi connectivity index (χ0v) is 15.9. The summed E-state index contributed by atoms with van der Waals surface area (Å²) in [6.07, 6.45) is 5.80. The lowest BCUT2D eigenvalue weighted by Crippen LogP contribution is -2.48. The van der Waals surface area contributed by atoms with Crippen LogP contribution in [0.15, 0.2) is 36.7 Å². The number of carbonyl (C=O) groups excluding carboxylic acids is 2. The highest BCUT2D eigenvalue weighted by Gasteiger charge is 2.23. The number of anilines is 1. The van der Waals surface area contributed by atoms with E-state index >= 15 is 0 Å². The third kappa shape index (κ3) is 5.12. The summed E-state index contributed by atoms with van der Waals surface area (Å²) in [7, 11) is 0. The Morgan fingerprint density at radius 3 is 2.74 bits per heavy atom. The number of amides is 1. The van der Waals surface area contributed by atoms with E-state index in [1.54, 1.807) is 18.5 Å². The Kier molecular flexibility index (Phi) is 6.16. The van der Waals surface area contributed by atoms with Gasteiger partial charge in [0.05, 0.1) is 0 Å². The van der Waals surface area contributed by atoms with Crippen LogP contribution in [0.1, 0.15) is 47.2 Å². The van der Waals surface area contributed by atoms with Gasteiger partial charge in [-0.05, 0) is 44.4 Å². The number of Topliss-reactive ketones (excluding diaryl/α,β-unsaturated/α-hetero) is 1. The Balaban J connectivity index is 1.50. The number of nitrogens with one attached hydrogen (secondary N) is 1. The van der Waals surface area contributed by atoms with E-state index in [1.165, 1.54) is 0 Å². The van der Waals surface area contributed by atoms with E-state index < -0.39 is 0 Å². The highest BCUT2D eigenvalue weighted by molar-refractivity contribution is 5.99. The van der Waals surface area contributed by atoms with E-state index in [9.17, 15) is 9.59 Å². The maximum Gasteiger partial charge on any atom is 0.225 e. The number of hydrogen-bond donors (Lipinski definition) is 1. The van der Waals surface area contributed by atoms with Crippen LogP contribution in [-0.2, 0) is 4.79 Å². The third-order valence-corrected chi connectivity index (χ3v) is 4.89. The van der Waals surface area contributed by atoms with E-state index in [0.29, 0.717) is 18.1 Å². The van der Waals surface area contributed by atoms with Crippen LogP contribution < -0.4 is 10.2 Å². The molecule has 3 rings (SSSR count).